The normalized spacial score (nSPS) is 15.6. The number of carbonyl (C=O) groups excluding carboxylic acids is 1. The fourth-order valence-electron chi connectivity index (χ4n) is 3.03. The van der Waals surface area contributed by atoms with E-state index in [2.05, 4.69) is 31.1 Å². The standard InChI is InChI=1S/C20H32N4O2/c1-15(2)8-6-9-16(3)23-20(21)22-12-7-13-24-17-10-4-5-11-18(17)26-14-19(24)25/h4-5,10-11,15-16H,6-9,12-14H2,1-3H3,(H3,21,22,23). The van der Waals surface area contributed by atoms with Crippen LogP contribution in [0.4, 0.5) is 5.69 Å². The van der Waals surface area contributed by atoms with Crippen molar-refractivity contribution in [1.29, 1.82) is 0 Å². The number of rotatable bonds is 9. The molecule has 1 atom stereocenters. The van der Waals surface area contributed by atoms with Crippen LogP contribution in [0.2, 0.25) is 0 Å². The van der Waals surface area contributed by atoms with Gasteiger partial charge in [0.1, 0.15) is 5.75 Å². The molecule has 0 spiro atoms. The van der Waals surface area contributed by atoms with E-state index < -0.39 is 0 Å². The maximum absolute atomic E-state index is 12.1. The predicted molar refractivity (Wildman–Crippen MR) is 107 cm³/mol. The van der Waals surface area contributed by atoms with Crippen LogP contribution in [-0.4, -0.2) is 37.6 Å². The number of ether oxygens (including phenoxy) is 1. The lowest BCUT2D eigenvalue weighted by atomic mass is 10.0. The molecule has 1 aromatic rings. The minimum atomic E-state index is -0.0162. The Hall–Kier alpha value is -2.24. The van der Waals surface area contributed by atoms with Gasteiger partial charge in [-0.3, -0.25) is 9.79 Å². The van der Waals surface area contributed by atoms with Crippen LogP contribution in [0.5, 0.6) is 5.75 Å². The molecular formula is C20H32N4O2. The van der Waals surface area contributed by atoms with Crippen molar-refractivity contribution in [3.8, 4) is 5.75 Å². The molecule has 144 valence electrons. The zero-order chi connectivity index (χ0) is 18.9. The van der Waals surface area contributed by atoms with Crippen LogP contribution in [0.1, 0.15) is 46.5 Å². The highest BCUT2D eigenvalue weighted by Crippen LogP contribution is 2.31. The van der Waals surface area contributed by atoms with E-state index in [4.69, 9.17) is 10.5 Å². The second kappa shape index (κ2) is 10.0. The summed E-state index contributed by atoms with van der Waals surface area (Å²) in [6.07, 6.45) is 4.27. The molecule has 0 bridgehead atoms. The molecule has 1 aliphatic heterocycles. The first-order chi connectivity index (χ1) is 12.5. The van der Waals surface area contributed by atoms with Crippen molar-refractivity contribution < 1.29 is 9.53 Å². The summed E-state index contributed by atoms with van der Waals surface area (Å²) < 4.78 is 5.45. The molecule has 6 heteroatoms. The Morgan fingerprint density at radius 3 is 2.81 bits per heavy atom. The van der Waals surface area contributed by atoms with E-state index >= 15 is 0 Å². The number of carbonyl (C=O) groups is 1. The third-order valence-electron chi connectivity index (χ3n) is 4.44. The topological polar surface area (TPSA) is 80.0 Å². The highest BCUT2D eigenvalue weighted by Gasteiger charge is 2.24. The second-order valence-electron chi connectivity index (χ2n) is 7.29. The van der Waals surface area contributed by atoms with Crippen LogP contribution in [0.3, 0.4) is 0 Å². The first-order valence-corrected chi connectivity index (χ1v) is 9.56. The molecule has 1 amide bonds. The van der Waals surface area contributed by atoms with E-state index in [1.165, 1.54) is 12.8 Å². The van der Waals surface area contributed by atoms with Crippen LogP contribution in [-0.2, 0) is 4.79 Å². The number of guanidine groups is 1. The van der Waals surface area contributed by atoms with Gasteiger partial charge in [-0.15, -0.1) is 0 Å². The van der Waals surface area contributed by atoms with Crippen molar-refractivity contribution in [2.75, 3.05) is 24.6 Å². The van der Waals surface area contributed by atoms with Crippen molar-refractivity contribution in [1.82, 2.24) is 5.32 Å². The number of amides is 1. The van der Waals surface area contributed by atoms with Crippen LogP contribution < -0.4 is 20.7 Å². The number of nitrogens with zero attached hydrogens (tertiary/aromatic N) is 2. The minimum absolute atomic E-state index is 0.0162. The average molecular weight is 361 g/mol. The average Bonchev–Trinajstić information content (AvgIpc) is 2.59. The molecule has 1 heterocycles. The Bertz CT molecular complexity index is 616. The molecule has 26 heavy (non-hydrogen) atoms. The maximum Gasteiger partial charge on any atom is 0.265 e. The van der Waals surface area contributed by atoms with Crippen molar-refractivity contribution in [2.45, 2.75) is 52.5 Å². The third kappa shape index (κ3) is 6.24. The number of hydrogen-bond donors (Lipinski definition) is 2. The summed E-state index contributed by atoms with van der Waals surface area (Å²) in [6.45, 7) is 7.91. The summed E-state index contributed by atoms with van der Waals surface area (Å²) in [5.41, 5.74) is 6.80. The second-order valence-corrected chi connectivity index (χ2v) is 7.29. The van der Waals surface area contributed by atoms with Gasteiger partial charge in [-0.2, -0.15) is 0 Å². The van der Waals surface area contributed by atoms with Crippen molar-refractivity contribution in [3.05, 3.63) is 24.3 Å². The van der Waals surface area contributed by atoms with Gasteiger partial charge >= 0.3 is 0 Å². The summed E-state index contributed by atoms with van der Waals surface area (Å²) in [4.78, 5) is 18.3. The largest absolute Gasteiger partial charge is 0.482 e. The lowest BCUT2D eigenvalue weighted by molar-refractivity contribution is -0.121. The van der Waals surface area contributed by atoms with Crippen LogP contribution in [0.25, 0.3) is 0 Å². The summed E-state index contributed by atoms with van der Waals surface area (Å²) in [5.74, 6) is 1.96. The molecular weight excluding hydrogens is 328 g/mol. The van der Waals surface area contributed by atoms with E-state index in [-0.39, 0.29) is 12.5 Å². The van der Waals surface area contributed by atoms with E-state index in [1.54, 1.807) is 4.90 Å². The van der Waals surface area contributed by atoms with E-state index in [1.807, 2.05) is 24.3 Å². The number of hydrogen-bond acceptors (Lipinski definition) is 3. The zero-order valence-corrected chi connectivity index (χ0v) is 16.2. The Morgan fingerprint density at radius 1 is 1.27 bits per heavy atom. The van der Waals surface area contributed by atoms with Gasteiger partial charge in [0.05, 0.1) is 5.69 Å². The van der Waals surface area contributed by atoms with Crippen molar-refractivity contribution >= 4 is 17.6 Å². The quantitative estimate of drug-likeness (QED) is 0.403. The molecule has 2 rings (SSSR count). The molecule has 0 aromatic heterocycles. The summed E-state index contributed by atoms with van der Waals surface area (Å²) >= 11 is 0. The van der Waals surface area contributed by atoms with Gasteiger partial charge in [-0.25, -0.2) is 0 Å². The Labute approximate surface area is 156 Å². The van der Waals surface area contributed by atoms with E-state index in [9.17, 15) is 4.79 Å². The summed E-state index contributed by atoms with van der Waals surface area (Å²) in [5, 5.41) is 3.24. The van der Waals surface area contributed by atoms with Crippen molar-refractivity contribution in [3.63, 3.8) is 0 Å². The fraction of sp³-hybridized carbons (Fsp3) is 0.600. The molecule has 6 nitrogen and oxygen atoms in total. The SMILES string of the molecule is CC(C)CCCC(C)NC(N)=NCCCN1C(=O)COc2ccccc21. The molecule has 3 N–H and O–H groups in total. The van der Waals surface area contributed by atoms with Crippen LogP contribution in [0, 0.1) is 5.92 Å². The van der Waals surface area contributed by atoms with Gasteiger partial charge in [0.25, 0.3) is 5.91 Å². The minimum Gasteiger partial charge on any atom is -0.482 e. The molecule has 0 saturated carbocycles. The van der Waals surface area contributed by atoms with Gasteiger partial charge in [-0.05, 0) is 37.8 Å². The predicted octanol–water partition coefficient (Wildman–Crippen LogP) is 2.92. The van der Waals surface area contributed by atoms with E-state index in [0.717, 1.165) is 30.2 Å². The van der Waals surface area contributed by atoms with E-state index in [0.29, 0.717) is 25.1 Å². The first-order valence-electron chi connectivity index (χ1n) is 9.56. The number of nitrogens with two attached hydrogens (primary N) is 1. The molecule has 1 aliphatic rings. The Morgan fingerprint density at radius 2 is 2.04 bits per heavy atom. The van der Waals surface area contributed by atoms with Gasteiger partial charge in [0.2, 0.25) is 0 Å². The zero-order valence-electron chi connectivity index (χ0n) is 16.2. The maximum atomic E-state index is 12.1. The lowest BCUT2D eigenvalue weighted by Crippen LogP contribution is -2.40. The number of anilines is 1. The van der Waals surface area contributed by atoms with Gasteiger partial charge < -0.3 is 20.7 Å². The summed E-state index contributed by atoms with van der Waals surface area (Å²) in [6, 6.07) is 7.94. The smallest absolute Gasteiger partial charge is 0.265 e. The number of fused-ring (bicyclic) bond motifs is 1. The van der Waals surface area contributed by atoms with Gasteiger partial charge in [-0.1, -0.05) is 38.8 Å². The Kier molecular flexibility index (Phi) is 7.75. The number of para-hydroxylation sites is 2. The monoisotopic (exact) mass is 360 g/mol. The molecule has 1 unspecified atom stereocenters. The first kappa shape index (κ1) is 20.1. The van der Waals surface area contributed by atoms with Crippen LogP contribution >= 0.6 is 0 Å². The molecule has 1 aromatic carbocycles. The molecule has 0 radical (unpaired) electrons. The lowest BCUT2D eigenvalue weighted by Gasteiger charge is -2.29. The highest BCUT2D eigenvalue weighted by molar-refractivity contribution is 5.97. The molecule has 0 aliphatic carbocycles. The molecule has 0 fully saturated rings. The van der Waals surface area contributed by atoms with Crippen LogP contribution in [0.15, 0.2) is 29.3 Å². The van der Waals surface area contributed by atoms with Crippen molar-refractivity contribution in [2.24, 2.45) is 16.6 Å². The number of benzene rings is 1. The molecule has 0 saturated heterocycles. The Balaban J connectivity index is 1.74. The summed E-state index contributed by atoms with van der Waals surface area (Å²) in [7, 11) is 0. The fourth-order valence-corrected chi connectivity index (χ4v) is 3.03. The van der Waals surface area contributed by atoms with Gasteiger partial charge in [0.15, 0.2) is 12.6 Å². The number of aliphatic imine (C=N–C) groups is 1. The van der Waals surface area contributed by atoms with Gasteiger partial charge in [0, 0.05) is 19.1 Å². The number of nitrogens with one attached hydrogen (secondary N) is 1. The third-order valence-corrected chi connectivity index (χ3v) is 4.44. The highest BCUT2D eigenvalue weighted by atomic mass is 16.5.